The van der Waals surface area contributed by atoms with Gasteiger partial charge in [0.1, 0.15) is 6.04 Å². The van der Waals surface area contributed by atoms with Gasteiger partial charge in [0.25, 0.3) is 0 Å². The van der Waals surface area contributed by atoms with Crippen molar-refractivity contribution in [3.8, 4) is 0 Å². The van der Waals surface area contributed by atoms with Gasteiger partial charge in [-0.25, -0.2) is 9.59 Å². The van der Waals surface area contributed by atoms with E-state index in [0.717, 1.165) is 0 Å². The quantitative estimate of drug-likeness (QED) is 0.662. The Hall–Kier alpha value is -0.980. The van der Waals surface area contributed by atoms with Crippen LogP contribution in [0.1, 0.15) is 20.8 Å². The summed E-state index contributed by atoms with van der Waals surface area (Å²) in [4.78, 5) is 23.1. The van der Waals surface area contributed by atoms with E-state index in [9.17, 15) is 9.59 Å². The zero-order valence-corrected chi connectivity index (χ0v) is 14.7. The minimum atomic E-state index is -1.11. The molecule has 1 rings (SSSR count). The molecule has 8 heteroatoms. The maximum absolute atomic E-state index is 11.9. The van der Waals surface area contributed by atoms with Crippen LogP contribution in [0.2, 0.25) is 10.0 Å². The van der Waals surface area contributed by atoms with Gasteiger partial charge < -0.3 is 15.7 Å². The molecule has 0 fully saturated rings. The molecule has 3 N–H and O–H groups in total. The van der Waals surface area contributed by atoms with E-state index in [2.05, 4.69) is 26.6 Å². The third kappa shape index (κ3) is 4.76. The Morgan fingerprint density at radius 2 is 1.81 bits per heavy atom. The van der Waals surface area contributed by atoms with Crippen LogP contribution in [-0.2, 0) is 4.79 Å². The van der Waals surface area contributed by atoms with Crippen LogP contribution < -0.4 is 10.6 Å². The molecule has 0 saturated carbocycles. The summed E-state index contributed by atoms with van der Waals surface area (Å²) in [7, 11) is 0. The van der Waals surface area contributed by atoms with Gasteiger partial charge in [0, 0.05) is 4.47 Å². The second-order valence-electron chi connectivity index (χ2n) is 5.46. The van der Waals surface area contributed by atoms with Gasteiger partial charge in [-0.15, -0.1) is 0 Å². The van der Waals surface area contributed by atoms with Gasteiger partial charge in [0.15, 0.2) is 0 Å². The van der Waals surface area contributed by atoms with Crippen molar-refractivity contribution < 1.29 is 14.7 Å². The first-order valence-electron chi connectivity index (χ1n) is 5.98. The van der Waals surface area contributed by atoms with E-state index in [4.69, 9.17) is 28.3 Å². The SMILES string of the molecule is CC(C)(C)C(NC(=O)Nc1ccc(Br)c(Cl)c1Cl)C(=O)O. The third-order valence-electron chi connectivity index (χ3n) is 2.67. The lowest BCUT2D eigenvalue weighted by molar-refractivity contribution is -0.141. The van der Waals surface area contributed by atoms with Gasteiger partial charge >= 0.3 is 12.0 Å². The van der Waals surface area contributed by atoms with Crippen LogP contribution in [0.5, 0.6) is 0 Å². The molecule has 1 atom stereocenters. The summed E-state index contributed by atoms with van der Waals surface area (Å²) in [6, 6.07) is 1.48. The number of hydrogen-bond acceptors (Lipinski definition) is 2. The molecule has 0 aliphatic carbocycles. The van der Waals surface area contributed by atoms with Gasteiger partial charge in [0.05, 0.1) is 15.7 Å². The number of urea groups is 1. The molecule has 1 unspecified atom stereocenters. The summed E-state index contributed by atoms with van der Waals surface area (Å²) in [6.45, 7) is 5.15. The van der Waals surface area contributed by atoms with E-state index in [-0.39, 0.29) is 10.0 Å². The van der Waals surface area contributed by atoms with Crippen LogP contribution in [0.3, 0.4) is 0 Å². The summed E-state index contributed by atoms with van der Waals surface area (Å²) < 4.78 is 0.596. The Labute approximate surface area is 141 Å². The lowest BCUT2D eigenvalue weighted by Crippen LogP contribution is -2.50. The summed E-state index contributed by atoms with van der Waals surface area (Å²) in [5.74, 6) is -1.11. The van der Waals surface area contributed by atoms with Crippen molar-refractivity contribution in [2.24, 2.45) is 5.41 Å². The lowest BCUT2D eigenvalue weighted by atomic mass is 9.87. The van der Waals surface area contributed by atoms with Crippen LogP contribution in [0.4, 0.5) is 10.5 Å². The average molecular weight is 398 g/mol. The Kier molecular flexibility index (Phi) is 5.90. The number of hydrogen-bond donors (Lipinski definition) is 3. The molecule has 0 aromatic heterocycles. The predicted octanol–water partition coefficient (Wildman–Crippen LogP) is 4.38. The molecule has 2 amide bonds. The first-order chi connectivity index (χ1) is 9.54. The summed E-state index contributed by atoms with van der Waals surface area (Å²) in [5.41, 5.74) is -0.343. The second-order valence-corrected chi connectivity index (χ2v) is 7.07. The molecule has 1 aromatic carbocycles. The number of rotatable bonds is 3. The predicted molar refractivity (Wildman–Crippen MR) is 87.2 cm³/mol. The molecule has 0 aliphatic rings. The van der Waals surface area contributed by atoms with Crippen molar-refractivity contribution in [3.05, 3.63) is 26.7 Å². The van der Waals surface area contributed by atoms with Crippen molar-refractivity contribution in [3.63, 3.8) is 0 Å². The van der Waals surface area contributed by atoms with Gasteiger partial charge in [0.2, 0.25) is 0 Å². The van der Waals surface area contributed by atoms with Crippen LogP contribution in [0, 0.1) is 5.41 Å². The number of halogens is 3. The number of carboxylic acids is 1. The molecule has 5 nitrogen and oxygen atoms in total. The van der Waals surface area contributed by atoms with Gasteiger partial charge in [-0.2, -0.15) is 0 Å². The highest BCUT2D eigenvalue weighted by Gasteiger charge is 2.32. The Morgan fingerprint density at radius 1 is 1.24 bits per heavy atom. The van der Waals surface area contributed by atoms with Crippen LogP contribution in [0.25, 0.3) is 0 Å². The summed E-state index contributed by atoms with van der Waals surface area (Å²) >= 11 is 15.2. The van der Waals surface area contributed by atoms with Crippen LogP contribution in [0.15, 0.2) is 16.6 Å². The Morgan fingerprint density at radius 3 is 2.29 bits per heavy atom. The van der Waals surface area contributed by atoms with E-state index in [0.29, 0.717) is 10.2 Å². The zero-order valence-electron chi connectivity index (χ0n) is 11.6. The number of carbonyl (C=O) groups excluding carboxylic acids is 1. The maximum atomic E-state index is 11.9. The van der Waals surface area contributed by atoms with Crippen molar-refractivity contribution in [2.75, 3.05) is 5.32 Å². The van der Waals surface area contributed by atoms with Crippen molar-refractivity contribution in [2.45, 2.75) is 26.8 Å². The van der Waals surface area contributed by atoms with E-state index < -0.39 is 23.5 Å². The molecule has 0 radical (unpaired) electrons. The molecule has 21 heavy (non-hydrogen) atoms. The minimum absolute atomic E-state index is 0.170. The normalized spacial score (nSPS) is 12.7. The fourth-order valence-electron chi connectivity index (χ4n) is 1.56. The van der Waals surface area contributed by atoms with E-state index in [1.54, 1.807) is 32.9 Å². The van der Waals surface area contributed by atoms with Crippen LogP contribution in [-0.4, -0.2) is 23.1 Å². The van der Waals surface area contributed by atoms with Crippen molar-refractivity contribution in [1.82, 2.24) is 5.32 Å². The first kappa shape index (κ1) is 18.1. The highest BCUT2D eigenvalue weighted by Crippen LogP contribution is 2.35. The van der Waals surface area contributed by atoms with Crippen LogP contribution >= 0.6 is 39.1 Å². The molecule has 0 heterocycles. The van der Waals surface area contributed by atoms with Gasteiger partial charge in [-0.1, -0.05) is 44.0 Å². The number of carboxylic acid groups (broad SMARTS) is 1. The molecule has 0 aliphatic heterocycles. The minimum Gasteiger partial charge on any atom is -0.480 e. The number of amides is 2. The number of benzene rings is 1. The summed E-state index contributed by atoms with van der Waals surface area (Å²) in [5, 5.41) is 14.5. The van der Waals surface area contributed by atoms with E-state index >= 15 is 0 Å². The number of anilines is 1. The number of aliphatic carboxylic acids is 1. The smallest absolute Gasteiger partial charge is 0.326 e. The molecule has 1 aromatic rings. The molecule has 0 bridgehead atoms. The highest BCUT2D eigenvalue weighted by atomic mass is 79.9. The molecule has 116 valence electrons. The lowest BCUT2D eigenvalue weighted by Gasteiger charge is -2.27. The second kappa shape index (κ2) is 6.85. The van der Waals surface area contributed by atoms with Gasteiger partial charge in [-0.3, -0.25) is 0 Å². The third-order valence-corrected chi connectivity index (χ3v) is 4.44. The standard InChI is InChI=1S/C13H15BrCl2N2O3/c1-13(2,3)10(11(19)20)18-12(21)17-7-5-4-6(14)8(15)9(7)16/h4-5,10H,1-3H3,(H,19,20)(H2,17,18,21). The maximum Gasteiger partial charge on any atom is 0.326 e. The largest absolute Gasteiger partial charge is 0.480 e. The Bertz CT molecular complexity index is 573. The summed E-state index contributed by atoms with van der Waals surface area (Å²) in [6.07, 6.45) is 0. The van der Waals surface area contributed by atoms with E-state index in [1.165, 1.54) is 0 Å². The molecular formula is C13H15BrCl2N2O3. The average Bonchev–Trinajstić information content (AvgIpc) is 2.35. The van der Waals surface area contributed by atoms with Gasteiger partial charge in [-0.05, 0) is 33.5 Å². The molecule has 0 spiro atoms. The topological polar surface area (TPSA) is 78.4 Å². The van der Waals surface area contributed by atoms with E-state index in [1.807, 2.05) is 0 Å². The monoisotopic (exact) mass is 396 g/mol. The van der Waals surface area contributed by atoms with Crippen molar-refractivity contribution >= 4 is 56.8 Å². The van der Waals surface area contributed by atoms with Crippen molar-refractivity contribution in [1.29, 1.82) is 0 Å². The first-order valence-corrected chi connectivity index (χ1v) is 7.52. The number of nitrogens with one attached hydrogen (secondary N) is 2. The fraction of sp³-hybridized carbons (Fsp3) is 0.385. The fourth-order valence-corrected chi connectivity index (χ4v) is 2.38. The molecular weight excluding hydrogens is 383 g/mol. The molecule has 0 saturated heterocycles. The number of carbonyl (C=O) groups is 2. The highest BCUT2D eigenvalue weighted by molar-refractivity contribution is 9.10. The zero-order chi connectivity index (χ0) is 16.4. The Balaban J connectivity index is 2.87.